The molecule has 0 aliphatic heterocycles. The van der Waals surface area contributed by atoms with E-state index >= 15 is 0 Å². The predicted octanol–water partition coefficient (Wildman–Crippen LogP) is 4.35. The van der Waals surface area contributed by atoms with Crippen molar-refractivity contribution in [3.63, 3.8) is 0 Å². The Morgan fingerprint density at radius 3 is 1.92 bits per heavy atom. The Labute approximate surface area is 84.1 Å². The molecule has 4 unspecified atom stereocenters. The van der Waals surface area contributed by atoms with E-state index in [0.29, 0.717) is 5.41 Å². The van der Waals surface area contributed by atoms with Gasteiger partial charge in [0.15, 0.2) is 0 Å². The predicted molar refractivity (Wildman–Crippen MR) is 59.7 cm³/mol. The Hall–Kier alpha value is 0. The lowest BCUT2D eigenvalue weighted by molar-refractivity contribution is 0.141. The zero-order valence-corrected chi connectivity index (χ0v) is 10.2. The van der Waals surface area contributed by atoms with Crippen LogP contribution in [0.5, 0.6) is 0 Å². The van der Waals surface area contributed by atoms with Crippen molar-refractivity contribution >= 4 is 0 Å². The molecule has 1 aliphatic rings. The quantitative estimate of drug-likeness (QED) is 0.565. The van der Waals surface area contributed by atoms with Gasteiger partial charge in [0.1, 0.15) is 0 Å². The van der Waals surface area contributed by atoms with Crippen LogP contribution in [0.3, 0.4) is 0 Å². The molecule has 1 saturated carbocycles. The molecule has 1 rings (SSSR count). The Morgan fingerprint density at radius 1 is 1.08 bits per heavy atom. The van der Waals surface area contributed by atoms with Crippen LogP contribution in [-0.4, -0.2) is 0 Å². The van der Waals surface area contributed by atoms with Crippen molar-refractivity contribution in [1.29, 1.82) is 0 Å². The Kier molecular flexibility index (Phi) is 3.09. The van der Waals surface area contributed by atoms with E-state index in [1.807, 2.05) is 0 Å². The van der Waals surface area contributed by atoms with E-state index in [1.54, 1.807) is 0 Å². The average molecular weight is 182 g/mol. The van der Waals surface area contributed by atoms with Gasteiger partial charge in [0.2, 0.25) is 0 Å². The average Bonchev–Trinajstić information content (AvgIpc) is 2.30. The second-order valence-corrected chi connectivity index (χ2v) is 6.23. The van der Waals surface area contributed by atoms with Gasteiger partial charge in [-0.2, -0.15) is 0 Å². The molecule has 0 bridgehead atoms. The zero-order chi connectivity index (χ0) is 10.2. The van der Waals surface area contributed by atoms with Crippen LogP contribution in [-0.2, 0) is 0 Å². The molecule has 0 amide bonds. The first-order valence-corrected chi connectivity index (χ1v) is 5.84. The third kappa shape index (κ3) is 2.27. The van der Waals surface area contributed by atoms with E-state index in [1.165, 1.54) is 12.8 Å². The molecule has 0 radical (unpaired) electrons. The molecule has 0 aromatic carbocycles. The lowest BCUT2D eigenvalue weighted by atomic mass is 9.70. The topological polar surface area (TPSA) is 0 Å². The first-order chi connectivity index (χ1) is 5.84. The monoisotopic (exact) mass is 182 g/mol. The summed E-state index contributed by atoms with van der Waals surface area (Å²) in [5.41, 5.74) is 0.489. The summed E-state index contributed by atoms with van der Waals surface area (Å²) in [5, 5.41) is 0. The highest BCUT2D eigenvalue weighted by Gasteiger charge is 2.37. The lowest BCUT2D eigenvalue weighted by Gasteiger charge is -2.35. The molecule has 0 N–H and O–H groups in total. The molecular weight excluding hydrogens is 156 g/mol. The van der Waals surface area contributed by atoms with E-state index in [2.05, 4.69) is 41.5 Å². The number of hydrogen-bond donors (Lipinski definition) is 0. The molecule has 0 heterocycles. The van der Waals surface area contributed by atoms with Gasteiger partial charge in [-0.1, -0.05) is 48.0 Å². The standard InChI is InChI=1S/C13H26/c1-9-7-8-12(10(9)2)11(3)13(4,5)6/h9-12H,7-8H2,1-6H3. The maximum atomic E-state index is 2.45. The summed E-state index contributed by atoms with van der Waals surface area (Å²) < 4.78 is 0. The van der Waals surface area contributed by atoms with E-state index in [0.717, 1.165) is 23.7 Å². The van der Waals surface area contributed by atoms with Crippen LogP contribution in [0, 0.1) is 29.1 Å². The van der Waals surface area contributed by atoms with Crippen LogP contribution in [0.25, 0.3) is 0 Å². The minimum Gasteiger partial charge on any atom is -0.0622 e. The Morgan fingerprint density at radius 2 is 1.62 bits per heavy atom. The van der Waals surface area contributed by atoms with Crippen LogP contribution >= 0.6 is 0 Å². The van der Waals surface area contributed by atoms with Gasteiger partial charge in [-0.15, -0.1) is 0 Å². The van der Waals surface area contributed by atoms with Gasteiger partial charge >= 0.3 is 0 Å². The normalized spacial score (nSPS) is 37.8. The summed E-state index contributed by atoms with van der Waals surface area (Å²) >= 11 is 0. The maximum Gasteiger partial charge on any atom is -0.0354 e. The highest BCUT2D eigenvalue weighted by Crippen LogP contribution is 2.46. The highest BCUT2D eigenvalue weighted by atomic mass is 14.4. The molecular formula is C13H26. The lowest BCUT2D eigenvalue weighted by Crippen LogP contribution is -2.28. The minimum atomic E-state index is 0.489. The van der Waals surface area contributed by atoms with Crippen LogP contribution in [0.1, 0.15) is 54.4 Å². The van der Waals surface area contributed by atoms with Crippen molar-refractivity contribution in [2.45, 2.75) is 54.4 Å². The summed E-state index contributed by atoms with van der Waals surface area (Å²) in [4.78, 5) is 0. The van der Waals surface area contributed by atoms with Crippen LogP contribution in [0.15, 0.2) is 0 Å². The van der Waals surface area contributed by atoms with Crippen LogP contribution in [0.4, 0.5) is 0 Å². The third-order valence-electron chi connectivity index (χ3n) is 4.54. The van der Waals surface area contributed by atoms with Gasteiger partial charge in [0.25, 0.3) is 0 Å². The van der Waals surface area contributed by atoms with Crippen LogP contribution in [0.2, 0.25) is 0 Å². The summed E-state index contributed by atoms with van der Waals surface area (Å²) in [6.45, 7) is 14.5. The maximum absolute atomic E-state index is 2.45. The van der Waals surface area contributed by atoms with Gasteiger partial charge in [-0.05, 0) is 35.5 Å². The van der Waals surface area contributed by atoms with Gasteiger partial charge in [-0.3, -0.25) is 0 Å². The SMILES string of the molecule is CC1CCC(C(C)C(C)(C)C)C1C. The van der Waals surface area contributed by atoms with Gasteiger partial charge in [0.05, 0.1) is 0 Å². The Balaban J connectivity index is 2.63. The number of hydrogen-bond acceptors (Lipinski definition) is 0. The fourth-order valence-corrected chi connectivity index (χ4v) is 2.75. The highest BCUT2D eigenvalue weighted by molar-refractivity contribution is 4.87. The van der Waals surface area contributed by atoms with Crippen molar-refractivity contribution in [3.8, 4) is 0 Å². The van der Waals surface area contributed by atoms with Crippen molar-refractivity contribution in [3.05, 3.63) is 0 Å². The molecule has 4 atom stereocenters. The smallest absolute Gasteiger partial charge is 0.0354 e. The molecule has 1 fully saturated rings. The second-order valence-electron chi connectivity index (χ2n) is 6.23. The van der Waals surface area contributed by atoms with E-state index < -0.39 is 0 Å². The molecule has 0 nitrogen and oxygen atoms in total. The molecule has 13 heavy (non-hydrogen) atoms. The van der Waals surface area contributed by atoms with Gasteiger partial charge in [-0.25, -0.2) is 0 Å². The molecule has 1 aliphatic carbocycles. The van der Waals surface area contributed by atoms with Crippen molar-refractivity contribution in [2.24, 2.45) is 29.1 Å². The second kappa shape index (κ2) is 3.63. The van der Waals surface area contributed by atoms with Gasteiger partial charge < -0.3 is 0 Å². The summed E-state index contributed by atoms with van der Waals surface area (Å²) in [6, 6.07) is 0. The molecule has 78 valence electrons. The molecule has 0 heteroatoms. The first-order valence-electron chi connectivity index (χ1n) is 5.84. The molecule has 0 aromatic heterocycles. The van der Waals surface area contributed by atoms with Crippen molar-refractivity contribution < 1.29 is 0 Å². The summed E-state index contributed by atoms with van der Waals surface area (Å²) in [6.07, 6.45) is 2.91. The van der Waals surface area contributed by atoms with Crippen LogP contribution < -0.4 is 0 Å². The van der Waals surface area contributed by atoms with Crippen molar-refractivity contribution in [1.82, 2.24) is 0 Å². The van der Waals surface area contributed by atoms with Gasteiger partial charge in [0, 0.05) is 0 Å². The number of rotatable bonds is 1. The third-order valence-corrected chi connectivity index (χ3v) is 4.54. The largest absolute Gasteiger partial charge is 0.0622 e. The molecule has 0 saturated heterocycles. The minimum absolute atomic E-state index is 0.489. The fraction of sp³-hybridized carbons (Fsp3) is 1.00. The zero-order valence-electron chi connectivity index (χ0n) is 10.2. The molecule has 0 spiro atoms. The summed E-state index contributed by atoms with van der Waals surface area (Å²) in [7, 11) is 0. The van der Waals surface area contributed by atoms with E-state index in [4.69, 9.17) is 0 Å². The van der Waals surface area contributed by atoms with Crippen molar-refractivity contribution in [2.75, 3.05) is 0 Å². The fourth-order valence-electron chi connectivity index (χ4n) is 2.75. The van der Waals surface area contributed by atoms with E-state index in [-0.39, 0.29) is 0 Å². The Bertz CT molecular complexity index is 163. The molecule has 0 aromatic rings. The van der Waals surface area contributed by atoms with E-state index in [9.17, 15) is 0 Å². The summed E-state index contributed by atoms with van der Waals surface area (Å²) in [5.74, 6) is 3.73. The first kappa shape index (κ1) is 11.1.